The van der Waals surface area contributed by atoms with Gasteiger partial charge in [0.2, 0.25) is 0 Å². The summed E-state index contributed by atoms with van der Waals surface area (Å²) >= 11 is 0. The van der Waals surface area contributed by atoms with Crippen molar-refractivity contribution in [2.24, 2.45) is 0 Å². The van der Waals surface area contributed by atoms with Crippen molar-refractivity contribution in [3.63, 3.8) is 0 Å². The molecule has 0 heterocycles. The molecule has 1 atom stereocenters. The van der Waals surface area contributed by atoms with Gasteiger partial charge in [-0.1, -0.05) is 6.07 Å². The van der Waals surface area contributed by atoms with Gasteiger partial charge in [0.15, 0.2) is 11.5 Å². The number of rotatable bonds is 8. The van der Waals surface area contributed by atoms with Crippen molar-refractivity contribution >= 4 is 0 Å². The zero-order chi connectivity index (χ0) is 17.5. The second-order valence-corrected chi connectivity index (χ2v) is 4.99. The Labute approximate surface area is 141 Å². The van der Waals surface area contributed by atoms with Gasteiger partial charge in [-0.15, -0.1) is 0 Å². The molecule has 1 N–H and O–H groups in total. The van der Waals surface area contributed by atoms with Crippen molar-refractivity contribution in [1.29, 1.82) is 0 Å². The van der Waals surface area contributed by atoms with Crippen molar-refractivity contribution in [3.8, 4) is 28.7 Å². The van der Waals surface area contributed by atoms with E-state index in [9.17, 15) is 5.11 Å². The average Bonchev–Trinajstić information content (AvgIpc) is 2.64. The van der Waals surface area contributed by atoms with Crippen molar-refractivity contribution < 1.29 is 28.8 Å². The van der Waals surface area contributed by atoms with Crippen molar-refractivity contribution in [1.82, 2.24) is 0 Å². The third kappa shape index (κ3) is 4.23. The largest absolute Gasteiger partial charge is 0.496 e. The summed E-state index contributed by atoms with van der Waals surface area (Å²) in [4.78, 5) is 0. The molecule has 0 amide bonds. The minimum atomic E-state index is -0.818. The van der Waals surface area contributed by atoms with Crippen LogP contribution < -0.4 is 23.7 Å². The van der Waals surface area contributed by atoms with Crippen LogP contribution in [0, 0.1) is 0 Å². The molecule has 2 aromatic rings. The molecule has 2 aromatic carbocycles. The molecule has 24 heavy (non-hydrogen) atoms. The van der Waals surface area contributed by atoms with E-state index in [1.165, 1.54) is 0 Å². The number of aliphatic hydroxyl groups excluding tert-OH is 1. The molecule has 0 radical (unpaired) electrons. The van der Waals surface area contributed by atoms with Crippen LogP contribution in [-0.2, 0) is 0 Å². The lowest BCUT2D eigenvalue weighted by atomic mass is 10.1. The first-order valence-corrected chi connectivity index (χ1v) is 7.37. The molecular formula is C18H22O6. The fourth-order valence-corrected chi connectivity index (χ4v) is 2.20. The van der Waals surface area contributed by atoms with Gasteiger partial charge in [0.1, 0.15) is 30.0 Å². The van der Waals surface area contributed by atoms with Crippen LogP contribution in [0.2, 0.25) is 0 Å². The van der Waals surface area contributed by atoms with E-state index in [4.69, 9.17) is 23.7 Å². The fourth-order valence-electron chi connectivity index (χ4n) is 2.20. The third-order valence-corrected chi connectivity index (χ3v) is 3.53. The number of benzene rings is 2. The molecular weight excluding hydrogens is 312 g/mol. The van der Waals surface area contributed by atoms with Crippen molar-refractivity contribution in [3.05, 3.63) is 42.0 Å². The summed E-state index contributed by atoms with van der Waals surface area (Å²) in [5.41, 5.74) is 0.669. The van der Waals surface area contributed by atoms with E-state index in [1.54, 1.807) is 64.8 Å². The molecule has 0 fully saturated rings. The van der Waals surface area contributed by atoms with E-state index in [2.05, 4.69) is 0 Å². The Hall–Kier alpha value is -2.60. The van der Waals surface area contributed by atoms with Crippen molar-refractivity contribution in [2.45, 2.75) is 6.10 Å². The smallest absolute Gasteiger partial charge is 0.161 e. The molecule has 0 aliphatic rings. The van der Waals surface area contributed by atoms with Crippen LogP contribution in [-0.4, -0.2) is 40.2 Å². The highest BCUT2D eigenvalue weighted by Gasteiger charge is 2.13. The summed E-state index contributed by atoms with van der Waals surface area (Å²) < 4.78 is 26.5. The van der Waals surface area contributed by atoms with Gasteiger partial charge in [-0.25, -0.2) is 0 Å². The summed E-state index contributed by atoms with van der Waals surface area (Å²) in [6.07, 6.45) is -0.818. The summed E-state index contributed by atoms with van der Waals surface area (Å²) in [6, 6.07) is 10.4. The van der Waals surface area contributed by atoms with Crippen molar-refractivity contribution in [2.75, 3.05) is 35.0 Å². The third-order valence-electron chi connectivity index (χ3n) is 3.53. The summed E-state index contributed by atoms with van der Waals surface area (Å²) in [6.45, 7) is 0.0752. The highest BCUT2D eigenvalue weighted by atomic mass is 16.5. The Morgan fingerprint density at radius 2 is 1.33 bits per heavy atom. The van der Waals surface area contributed by atoms with Crippen LogP contribution >= 0.6 is 0 Å². The zero-order valence-corrected chi connectivity index (χ0v) is 14.2. The second-order valence-electron chi connectivity index (χ2n) is 4.99. The first-order valence-electron chi connectivity index (χ1n) is 7.37. The normalized spacial score (nSPS) is 11.5. The van der Waals surface area contributed by atoms with E-state index in [0.717, 1.165) is 0 Å². The molecule has 0 saturated heterocycles. The molecule has 130 valence electrons. The average molecular weight is 334 g/mol. The van der Waals surface area contributed by atoms with Crippen LogP contribution in [0.3, 0.4) is 0 Å². The standard InChI is InChI=1S/C18H22O6/c1-20-13-8-14(21-2)10-15(9-13)24-11-16(19)12-5-6-17(22-3)18(7-12)23-4/h5-10,16,19H,11H2,1-4H3. The van der Waals surface area contributed by atoms with Gasteiger partial charge in [0.05, 0.1) is 28.4 Å². The lowest BCUT2D eigenvalue weighted by molar-refractivity contribution is 0.107. The number of methoxy groups -OCH3 is 4. The molecule has 6 heteroatoms. The Bertz CT molecular complexity index is 648. The molecule has 0 aromatic heterocycles. The van der Waals surface area contributed by atoms with Gasteiger partial charge in [-0.05, 0) is 17.7 Å². The number of hydrogen-bond acceptors (Lipinski definition) is 6. The van der Waals surface area contributed by atoms with Crippen LogP contribution in [0.25, 0.3) is 0 Å². The molecule has 0 spiro atoms. The topological polar surface area (TPSA) is 66.4 Å². The van der Waals surface area contributed by atoms with Gasteiger partial charge in [0, 0.05) is 18.2 Å². The minimum Gasteiger partial charge on any atom is -0.496 e. The minimum absolute atomic E-state index is 0.0752. The molecule has 0 bridgehead atoms. The predicted octanol–water partition coefficient (Wildman–Crippen LogP) is 2.83. The van der Waals surface area contributed by atoms with Crippen LogP contribution in [0.4, 0.5) is 0 Å². The predicted molar refractivity (Wildman–Crippen MR) is 89.5 cm³/mol. The summed E-state index contributed by atoms with van der Waals surface area (Å²) in [5, 5.41) is 10.3. The first kappa shape index (κ1) is 17.7. The lowest BCUT2D eigenvalue weighted by Crippen LogP contribution is -2.10. The summed E-state index contributed by atoms with van der Waals surface area (Å²) in [5.74, 6) is 2.93. The van der Waals surface area contributed by atoms with Gasteiger partial charge in [-0.3, -0.25) is 0 Å². The molecule has 0 aliphatic carbocycles. The van der Waals surface area contributed by atoms with Gasteiger partial charge in [0.25, 0.3) is 0 Å². The Morgan fingerprint density at radius 1 is 0.750 bits per heavy atom. The molecule has 2 rings (SSSR count). The summed E-state index contributed by atoms with van der Waals surface area (Å²) in [7, 11) is 6.24. The SMILES string of the molecule is COc1cc(OC)cc(OCC(O)c2ccc(OC)c(OC)c2)c1. The Balaban J connectivity index is 2.09. The van der Waals surface area contributed by atoms with E-state index >= 15 is 0 Å². The van der Waals surface area contributed by atoms with Gasteiger partial charge >= 0.3 is 0 Å². The maximum Gasteiger partial charge on any atom is 0.161 e. The van der Waals surface area contributed by atoms with E-state index in [-0.39, 0.29) is 6.61 Å². The van der Waals surface area contributed by atoms with Gasteiger partial charge in [-0.2, -0.15) is 0 Å². The zero-order valence-electron chi connectivity index (χ0n) is 14.2. The van der Waals surface area contributed by atoms with Crippen LogP contribution in [0.5, 0.6) is 28.7 Å². The first-order chi connectivity index (χ1) is 11.6. The molecule has 0 saturated carbocycles. The lowest BCUT2D eigenvalue weighted by Gasteiger charge is -2.16. The molecule has 1 unspecified atom stereocenters. The highest BCUT2D eigenvalue weighted by Crippen LogP contribution is 2.31. The highest BCUT2D eigenvalue weighted by molar-refractivity contribution is 5.44. The maximum absolute atomic E-state index is 10.3. The number of aliphatic hydroxyl groups is 1. The number of hydrogen-bond donors (Lipinski definition) is 1. The van der Waals surface area contributed by atoms with Gasteiger partial charge < -0.3 is 28.8 Å². The molecule has 6 nitrogen and oxygen atoms in total. The van der Waals surface area contributed by atoms with E-state index in [0.29, 0.717) is 34.3 Å². The molecule has 0 aliphatic heterocycles. The van der Waals surface area contributed by atoms with E-state index < -0.39 is 6.10 Å². The Morgan fingerprint density at radius 3 is 1.88 bits per heavy atom. The second kappa shape index (κ2) is 8.31. The Kier molecular flexibility index (Phi) is 6.14. The quantitative estimate of drug-likeness (QED) is 0.801. The van der Waals surface area contributed by atoms with E-state index in [1.807, 2.05) is 0 Å². The van der Waals surface area contributed by atoms with Crippen LogP contribution in [0.15, 0.2) is 36.4 Å². The maximum atomic E-state index is 10.3. The van der Waals surface area contributed by atoms with Crippen LogP contribution in [0.1, 0.15) is 11.7 Å². The number of ether oxygens (including phenoxy) is 5. The monoisotopic (exact) mass is 334 g/mol. The fraction of sp³-hybridized carbons (Fsp3) is 0.333.